The molecule has 1 aliphatic carbocycles. The Morgan fingerprint density at radius 3 is 2.52 bits per heavy atom. The van der Waals surface area contributed by atoms with E-state index in [1.54, 1.807) is 6.20 Å². The number of nitrogens with zero attached hydrogens (tertiary/aromatic N) is 2. The van der Waals surface area contributed by atoms with E-state index in [1.165, 1.54) is 12.8 Å². The third kappa shape index (κ3) is 4.45. The van der Waals surface area contributed by atoms with Gasteiger partial charge in [-0.15, -0.1) is 0 Å². The van der Waals surface area contributed by atoms with Gasteiger partial charge in [-0.05, 0) is 31.7 Å². The molecule has 1 amide bonds. The van der Waals surface area contributed by atoms with Crippen LogP contribution in [0.1, 0.15) is 62.7 Å². The molecule has 0 aliphatic heterocycles. The zero-order valence-corrected chi connectivity index (χ0v) is 13.3. The summed E-state index contributed by atoms with van der Waals surface area (Å²) in [6.45, 7) is 6.35. The van der Waals surface area contributed by atoms with Crippen LogP contribution in [0.15, 0.2) is 18.5 Å². The first-order valence-electron chi connectivity index (χ1n) is 8.25. The van der Waals surface area contributed by atoms with Crippen LogP contribution in [0.3, 0.4) is 0 Å². The number of hydrogen-bond acceptors (Lipinski definition) is 3. The molecule has 0 spiro atoms. The molecular formula is C17H27N3O. The molecule has 4 nitrogen and oxygen atoms in total. The SMILES string of the molecule is CCCN(CCC)c1cncc(C(=O)NC2CCCC2)c1. The molecule has 2 rings (SSSR count). The highest BCUT2D eigenvalue weighted by Crippen LogP contribution is 2.19. The summed E-state index contributed by atoms with van der Waals surface area (Å²) in [4.78, 5) is 18.9. The first kappa shape index (κ1) is 15.8. The highest BCUT2D eigenvalue weighted by Gasteiger charge is 2.18. The van der Waals surface area contributed by atoms with E-state index in [4.69, 9.17) is 0 Å². The van der Waals surface area contributed by atoms with Gasteiger partial charge in [-0.2, -0.15) is 0 Å². The van der Waals surface area contributed by atoms with E-state index in [-0.39, 0.29) is 5.91 Å². The Labute approximate surface area is 127 Å². The second kappa shape index (κ2) is 8.01. The fourth-order valence-corrected chi connectivity index (χ4v) is 2.97. The smallest absolute Gasteiger partial charge is 0.253 e. The van der Waals surface area contributed by atoms with Crippen molar-refractivity contribution in [3.63, 3.8) is 0 Å². The predicted octanol–water partition coefficient (Wildman–Crippen LogP) is 3.38. The molecule has 1 saturated carbocycles. The molecule has 0 unspecified atom stereocenters. The minimum atomic E-state index is 0.0178. The van der Waals surface area contributed by atoms with E-state index in [0.717, 1.165) is 44.5 Å². The molecule has 21 heavy (non-hydrogen) atoms. The summed E-state index contributed by atoms with van der Waals surface area (Å²) in [5.74, 6) is 0.0178. The Morgan fingerprint density at radius 2 is 1.90 bits per heavy atom. The first-order chi connectivity index (χ1) is 10.2. The van der Waals surface area contributed by atoms with Crippen molar-refractivity contribution in [2.45, 2.75) is 58.4 Å². The molecule has 4 heteroatoms. The Bertz CT molecular complexity index is 449. The fraction of sp³-hybridized carbons (Fsp3) is 0.647. The van der Waals surface area contributed by atoms with Crippen molar-refractivity contribution >= 4 is 11.6 Å². The summed E-state index contributed by atoms with van der Waals surface area (Å²) in [5, 5.41) is 3.13. The lowest BCUT2D eigenvalue weighted by molar-refractivity contribution is 0.0937. The number of pyridine rings is 1. The molecule has 1 heterocycles. The van der Waals surface area contributed by atoms with Crippen LogP contribution in [0, 0.1) is 0 Å². The Kier molecular flexibility index (Phi) is 6.03. The summed E-state index contributed by atoms with van der Waals surface area (Å²) in [5.41, 5.74) is 1.73. The van der Waals surface area contributed by atoms with Crippen molar-refractivity contribution in [1.82, 2.24) is 10.3 Å². The zero-order valence-electron chi connectivity index (χ0n) is 13.3. The van der Waals surface area contributed by atoms with Gasteiger partial charge in [0.2, 0.25) is 0 Å². The van der Waals surface area contributed by atoms with Gasteiger partial charge in [-0.1, -0.05) is 26.7 Å². The maximum Gasteiger partial charge on any atom is 0.253 e. The fourth-order valence-electron chi connectivity index (χ4n) is 2.97. The molecule has 0 aromatic carbocycles. The van der Waals surface area contributed by atoms with Gasteiger partial charge in [-0.25, -0.2) is 0 Å². The van der Waals surface area contributed by atoms with Gasteiger partial charge in [0, 0.05) is 25.3 Å². The minimum Gasteiger partial charge on any atom is -0.370 e. The predicted molar refractivity (Wildman–Crippen MR) is 86.8 cm³/mol. The number of rotatable bonds is 7. The molecule has 0 bridgehead atoms. The maximum absolute atomic E-state index is 12.3. The Morgan fingerprint density at radius 1 is 1.24 bits per heavy atom. The summed E-state index contributed by atoms with van der Waals surface area (Å²) in [6, 6.07) is 2.33. The zero-order chi connectivity index (χ0) is 15.1. The average molecular weight is 289 g/mol. The van der Waals surface area contributed by atoms with Crippen molar-refractivity contribution in [1.29, 1.82) is 0 Å². The average Bonchev–Trinajstić information content (AvgIpc) is 3.00. The van der Waals surface area contributed by atoms with E-state index in [1.807, 2.05) is 12.3 Å². The summed E-state index contributed by atoms with van der Waals surface area (Å²) in [6.07, 6.45) is 10.4. The van der Waals surface area contributed by atoms with Crippen LogP contribution in [0.4, 0.5) is 5.69 Å². The number of carbonyl (C=O) groups is 1. The van der Waals surface area contributed by atoms with Crippen LogP contribution in [-0.2, 0) is 0 Å². The molecule has 1 aromatic rings. The third-order valence-corrected chi connectivity index (χ3v) is 4.03. The van der Waals surface area contributed by atoms with Crippen molar-refractivity contribution < 1.29 is 4.79 Å². The highest BCUT2D eigenvalue weighted by atomic mass is 16.1. The van der Waals surface area contributed by atoms with Gasteiger partial charge in [0.25, 0.3) is 5.91 Å². The maximum atomic E-state index is 12.3. The van der Waals surface area contributed by atoms with Gasteiger partial charge in [0.05, 0.1) is 17.4 Å². The Balaban J connectivity index is 2.06. The normalized spacial score (nSPS) is 15.1. The number of aromatic nitrogens is 1. The third-order valence-electron chi connectivity index (χ3n) is 4.03. The molecule has 1 aliphatic rings. The second-order valence-electron chi connectivity index (χ2n) is 5.87. The number of carbonyl (C=O) groups excluding carboxylic acids is 1. The second-order valence-corrected chi connectivity index (χ2v) is 5.87. The van der Waals surface area contributed by atoms with Gasteiger partial charge in [0.15, 0.2) is 0 Å². The number of nitrogens with one attached hydrogen (secondary N) is 1. The molecule has 1 fully saturated rings. The van der Waals surface area contributed by atoms with Gasteiger partial charge < -0.3 is 10.2 Å². The lowest BCUT2D eigenvalue weighted by Gasteiger charge is -2.23. The molecule has 0 atom stereocenters. The van der Waals surface area contributed by atoms with E-state index < -0.39 is 0 Å². The van der Waals surface area contributed by atoms with Crippen LogP contribution in [0.5, 0.6) is 0 Å². The van der Waals surface area contributed by atoms with Crippen molar-refractivity contribution in [3.8, 4) is 0 Å². The van der Waals surface area contributed by atoms with Crippen LogP contribution in [-0.4, -0.2) is 30.0 Å². The molecule has 0 saturated heterocycles. The molecule has 0 radical (unpaired) electrons. The molecule has 116 valence electrons. The lowest BCUT2D eigenvalue weighted by Crippen LogP contribution is -2.33. The molecular weight excluding hydrogens is 262 g/mol. The number of amides is 1. The van der Waals surface area contributed by atoms with E-state index in [2.05, 4.69) is 29.0 Å². The van der Waals surface area contributed by atoms with E-state index in [9.17, 15) is 4.79 Å². The standard InChI is InChI=1S/C17H27N3O/c1-3-9-20(10-4-2)16-11-14(12-18-13-16)17(21)19-15-7-5-6-8-15/h11-13,15H,3-10H2,1-2H3,(H,19,21). The van der Waals surface area contributed by atoms with Crippen molar-refractivity contribution in [2.24, 2.45) is 0 Å². The van der Waals surface area contributed by atoms with E-state index >= 15 is 0 Å². The summed E-state index contributed by atoms with van der Waals surface area (Å²) >= 11 is 0. The molecule has 1 N–H and O–H groups in total. The van der Waals surface area contributed by atoms with Crippen molar-refractivity contribution in [2.75, 3.05) is 18.0 Å². The monoisotopic (exact) mass is 289 g/mol. The summed E-state index contributed by atoms with van der Waals surface area (Å²) < 4.78 is 0. The van der Waals surface area contributed by atoms with Crippen LogP contribution in [0.25, 0.3) is 0 Å². The van der Waals surface area contributed by atoms with Gasteiger partial charge in [0.1, 0.15) is 0 Å². The quantitative estimate of drug-likeness (QED) is 0.837. The van der Waals surface area contributed by atoms with E-state index in [0.29, 0.717) is 11.6 Å². The number of hydrogen-bond donors (Lipinski definition) is 1. The van der Waals surface area contributed by atoms with Crippen LogP contribution >= 0.6 is 0 Å². The van der Waals surface area contributed by atoms with Crippen LogP contribution in [0.2, 0.25) is 0 Å². The van der Waals surface area contributed by atoms with Gasteiger partial charge in [-0.3, -0.25) is 9.78 Å². The number of anilines is 1. The lowest BCUT2D eigenvalue weighted by atomic mass is 10.2. The highest BCUT2D eigenvalue weighted by molar-refractivity contribution is 5.94. The van der Waals surface area contributed by atoms with Crippen LogP contribution < -0.4 is 10.2 Å². The van der Waals surface area contributed by atoms with Gasteiger partial charge >= 0.3 is 0 Å². The summed E-state index contributed by atoms with van der Waals surface area (Å²) in [7, 11) is 0. The largest absolute Gasteiger partial charge is 0.370 e. The Hall–Kier alpha value is -1.58. The van der Waals surface area contributed by atoms with Crippen molar-refractivity contribution in [3.05, 3.63) is 24.0 Å². The minimum absolute atomic E-state index is 0.0178. The topological polar surface area (TPSA) is 45.2 Å². The first-order valence-corrected chi connectivity index (χ1v) is 8.25. The molecule has 1 aromatic heterocycles.